The quantitative estimate of drug-likeness (QED) is 0.275. The minimum absolute atomic E-state index is 0.195. The fraction of sp³-hybridized carbons (Fsp3) is 0.545. The van der Waals surface area contributed by atoms with Crippen molar-refractivity contribution in [3.8, 4) is 5.75 Å². The summed E-state index contributed by atoms with van der Waals surface area (Å²) in [5.41, 5.74) is 0.913. The van der Waals surface area contributed by atoms with E-state index in [9.17, 15) is 20.1 Å². The van der Waals surface area contributed by atoms with Crippen molar-refractivity contribution in [2.24, 2.45) is 0 Å². The summed E-state index contributed by atoms with van der Waals surface area (Å²) in [4.78, 5) is 16.2. The van der Waals surface area contributed by atoms with E-state index in [0.717, 1.165) is 23.7 Å². The number of aliphatic hydroxyl groups excluding tert-OH is 4. The van der Waals surface area contributed by atoms with Gasteiger partial charge in [0.2, 0.25) is 0 Å². The van der Waals surface area contributed by atoms with Crippen LogP contribution in [0.15, 0.2) is 36.5 Å². The fourth-order valence-corrected chi connectivity index (χ4v) is 3.36. The molecule has 0 amide bonds. The van der Waals surface area contributed by atoms with E-state index in [2.05, 4.69) is 4.98 Å². The number of ether oxygens (including phenoxy) is 4. The summed E-state index contributed by atoms with van der Waals surface area (Å²) in [6, 6.07) is 9.74. The van der Waals surface area contributed by atoms with Crippen LogP contribution in [0.25, 0.3) is 10.9 Å². The molecule has 1 unspecified atom stereocenters. The number of hydrogen-bond acceptors (Lipinski definition) is 10. The third-order valence-electron chi connectivity index (χ3n) is 5.12. The second-order valence-corrected chi connectivity index (χ2v) is 7.50. The molecule has 10 heteroatoms. The summed E-state index contributed by atoms with van der Waals surface area (Å²) in [5, 5.41) is 39.6. The number of aromatic nitrogens is 1. The smallest absolute Gasteiger partial charge is 0.332 e. The predicted molar refractivity (Wildman–Crippen MR) is 112 cm³/mol. The third-order valence-corrected chi connectivity index (χ3v) is 5.12. The number of esters is 1. The molecule has 5 atom stereocenters. The number of carbonyl (C=O) groups excluding carboxylic acids is 1. The van der Waals surface area contributed by atoms with Crippen molar-refractivity contribution in [3.05, 3.63) is 36.5 Å². The lowest BCUT2D eigenvalue weighted by molar-refractivity contribution is -0.294. The molecule has 1 aromatic heterocycles. The molecule has 32 heavy (non-hydrogen) atoms. The van der Waals surface area contributed by atoms with Crippen LogP contribution in [0.4, 0.5) is 0 Å². The maximum Gasteiger partial charge on any atom is 0.332 e. The Balaban J connectivity index is 1.27. The number of rotatable bonds is 11. The number of nitrogens with zero attached hydrogens (tertiary/aromatic N) is 1. The third kappa shape index (κ3) is 6.58. The Morgan fingerprint density at radius 2 is 1.84 bits per heavy atom. The summed E-state index contributed by atoms with van der Waals surface area (Å²) < 4.78 is 20.8. The number of carbonyl (C=O) groups is 1. The highest BCUT2D eigenvalue weighted by molar-refractivity contribution is 5.79. The van der Waals surface area contributed by atoms with Crippen molar-refractivity contribution < 1.29 is 44.2 Å². The van der Waals surface area contributed by atoms with Crippen molar-refractivity contribution in [2.45, 2.75) is 50.0 Å². The van der Waals surface area contributed by atoms with Gasteiger partial charge in [-0.2, -0.15) is 0 Å². The zero-order valence-electron chi connectivity index (χ0n) is 17.6. The first-order valence-corrected chi connectivity index (χ1v) is 10.5. The molecule has 176 valence electrons. The van der Waals surface area contributed by atoms with Gasteiger partial charge in [-0.25, -0.2) is 4.79 Å². The van der Waals surface area contributed by atoms with Crippen LogP contribution >= 0.6 is 0 Å². The zero-order chi connectivity index (χ0) is 22.9. The molecule has 0 aliphatic carbocycles. The lowest BCUT2D eigenvalue weighted by Gasteiger charge is -2.39. The van der Waals surface area contributed by atoms with Crippen LogP contribution in [0.1, 0.15) is 19.3 Å². The number of benzene rings is 1. The van der Waals surface area contributed by atoms with Crippen LogP contribution in [-0.4, -0.2) is 88.5 Å². The Morgan fingerprint density at radius 1 is 1.06 bits per heavy atom. The van der Waals surface area contributed by atoms with Gasteiger partial charge in [-0.05, 0) is 31.4 Å². The number of hydrogen-bond donors (Lipinski definition) is 4. The summed E-state index contributed by atoms with van der Waals surface area (Å²) in [7, 11) is 0. The van der Waals surface area contributed by atoms with Crippen LogP contribution < -0.4 is 4.74 Å². The van der Waals surface area contributed by atoms with Crippen LogP contribution in [0.2, 0.25) is 0 Å². The highest BCUT2D eigenvalue weighted by Crippen LogP contribution is 2.22. The van der Waals surface area contributed by atoms with E-state index in [1.54, 1.807) is 6.20 Å². The van der Waals surface area contributed by atoms with Gasteiger partial charge in [0.1, 0.15) is 36.8 Å². The second kappa shape index (κ2) is 12.0. The fourth-order valence-electron chi connectivity index (χ4n) is 3.36. The van der Waals surface area contributed by atoms with Crippen molar-refractivity contribution in [1.82, 2.24) is 4.98 Å². The Morgan fingerprint density at radius 3 is 2.66 bits per heavy atom. The van der Waals surface area contributed by atoms with Gasteiger partial charge in [0.05, 0.1) is 31.5 Å². The van der Waals surface area contributed by atoms with Gasteiger partial charge in [0.25, 0.3) is 0 Å². The minimum atomic E-state index is -1.64. The first-order valence-electron chi connectivity index (χ1n) is 10.5. The molecule has 2 heterocycles. The van der Waals surface area contributed by atoms with Crippen molar-refractivity contribution in [3.63, 3.8) is 0 Å². The van der Waals surface area contributed by atoms with Gasteiger partial charge in [-0.1, -0.05) is 18.2 Å². The summed E-state index contributed by atoms with van der Waals surface area (Å²) in [5.74, 6) is 0.0442. The van der Waals surface area contributed by atoms with Crippen LogP contribution in [0.3, 0.4) is 0 Å². The molecule has 10 nitrogen and oxygen atoms in total. The summed E-state index contributed by atoms with van der Waals surface area (Å²) >= 11 is 0. The molecule has 4 N–H and O–H groups in total. The van der Waals surface area contributed by atoms with Crippen LogP contribution in [-0.2, 0) is 19.0 Å². The van der Waals surface area contributed by atoms with Gasteiger partial charge in [0.15, 0.2) is 6.29 Å². The SMILES string of the molecule is O=C(CO[C@H]1[C@H](O)[C@@H](CO)OC(O)[C@@H]1O)OCCCCCOc1cnc2ccccc2c1. The number of para-hydroxylation sites is 1. The number of fused-ring (bicyclic) bond motifs is 1. The Labute approximate surface area is 185 Å². The monoisotopic (exact) mass is 451 g/mol. The van der Waals surface area contributed by atoms with Crippen LogP contribution in [0, 0.1) is 0 Å². The van der Waals surface area contributed by atoms with E-state index >= 15 is 0 Å². The summed E-state index contributed by atoms with van der Waals surface area (Å²) in [6.07, 6.45) is -3.10. The summed E-state index contributed by atoms with van der Waals surface area (Å²) in [6.45, 7) is -0.372. The first-order chi connectivity index (χ1) is 15.5. The molecule has 0 bridgehead atoms. The molecule has 0 saturated carbocycles. The second-order valence-electron chi connectivity index (χ2n) is 7.50. The van der Waals surface area contributed by atoms with Gasteiger partial charge in [0, 0.05) is 5.39 Å². The standard InChI is InChI=1S/C22H29NO9/c24-12-17-19(26)21(20(27)22(28)32-17)31-13-18(25)30-9-5-1-4-8-29-15-10-14-6-2-3-7-16(14)23-11-15/h2-3,6-7,10-11,17,19-22,24,26-28H,1,4-5,8-9,12-13H2/t17-,19-,20-,21+,22?/m1/s1. The van der Waals surface area contributed by atoms with E-state index in [1.165, 1.54) is 0 Å². The molecule has 1 saturated heterocycles. The maximum atomic E-state index is 11.8. The predicted octanol–water partition coefficient (Wildman–Crippen LogP) is 0.144. The van der Waals surface area contributed by atoms with Gasteiger partial charge < -0.3 is 39.4 Å². The molecule has 1 fully saturated rings. The lowest BCUT2D eigenvalue weighted by atomic mass is 9.99. The van der Waals surface area contributed by atoms with Crippen LogP contribution in [0.5, 0.6) is 5.75 Å². The van der Waals surface area contributed by atoms with Gasteiger partial charge in [-0.15, -0.1) is 0 Å². The van der Waals surface area contributed by atoms with Gasteiger partial charge in [-0.3, -0.25) is 4.98 Å². The van der Waals surface area contributed by atoms with Crippen molar-refractivity contribution in [1.29, 1.82) is 0 Å². The normalized spacial score (nSPS) is 25.6. The molecule has 3 rings (SSSR count). The highest BCUT2D eigenvalue weighted by Gasteiger charge is 2.44. The number of aliphatic hydroxyl groups is 4. The number of unbranched alkanes of at least 4 members (excludes halogenated alkanes) is 2. The molecular formula is C22H29NO9. The molecule has 0 radical (unpaired) electrons. The average molecular weight is 451 g/mol. The van der Waals surface area contributed by atoms with Crippen molar-refractivity contribution in [2.75, 3.05) is 26.4 Å². The Bertz CT molecular complexity index is 864. The average Bonchev–Trinajstić information content (AvgIpc) is 2.80. The topological polar surface area (TPSA) is 148 Å². The highest BCUT2D eigenvalue weighted by atomic mass is 16.6. The van der Waals surface area contributed by atoms with E-state index in [1.807, 2.05) is 30.3 Å². The zero-order valence-corrected chi connectivity index (χ0v) is 17.6. The molecule has 1 aliphatic rings. The van der Waals surface area contributed by atoms with E-state index < -0.39 is 49.9 Å². The van der Waals surface area contributed by atoms with Crippen molar-refractivity contribution >= 4 is 16.9 Å². The van der Waals surface area contributed by atoms with Gasteiger partial charge >= 0.3 is 5.97 Å². The molecular weight excluding hydrogens is 422 g/mol. The Hall–Kier alpha value is -2.34. The number of pyridine rings is 1. The largest absolute Gasteiger partial charge is 0.492 e. The van der Waals surface area contributed by atoms with E-state index in [4.69, 9.17) is 24.1 Å². The van der Waals surface area contributed by atoms with E-state index in [-0.39, 0.29) is 6.61 Å². The minimum Gasteiger partial charge on any atom is -0.492 e. The van der Waals surface area contributed by atoms with E-state index in [0.29, 0.717) is 18.8 Å². The molecule has 1 aliphatic heterocycles. The lowest BCUT2D eigenvalue weighted by Crippen LogP contribution is -2.59. The Kier molecular flexibility index (Phi) is 9.15. The molecule has 2 aromatic rings. The maximum absolute atomic E-state index is 11.8. The molecule has 0 spiro atoms. The molecule has 1 aromatic carbocycles. The first kappa shape index (κ1) is 24.3.